The van der Waals surface area contributed by atoms with E-state index in [2.05, 4.69) is 4.74 Å². The van der Waals surface area contributed by atoms with E-state index >= 15 is 0 Å². The molecule has 0 aliphatic carbocycles. The van der Waals surface area contributed by atoms with Gasteiger partial charge in [-0.3, -0.25) is 0 Å². The van der Waals surface area contributed by atoms with E-state index in [4.69, 9.17) is 0 Å². The Morgan fingerprint density at radius 3 is 1.90 bits per heavy atom. The third kappa shape index (κ3) is 5.02. The van der Waals surface area contributed by atoms with Crippen LogP contribution in [0, 0.1) is 0 Å². The Morgan fingerprint density at radius 2 is 1.55 bits per heavy atom. The first kappa shape index (κ1) is 19.3. The first-order chi connectivity index (χ1) is 8.54. The Morgan fingerprint density at radius 1 is 1.10 bits per heavy atom. The summed E-state index contributed by atoms with van der Waals surface area (Å²) in [6.07, 6.45) is -8.15. The molecule has 1 rings (SSSR count). The average molecular weight is 326 g/mol. The zero-order valence-corrected chi connectivity index (χ0v) is 12.6. The Labute approximate surface area is 132 Å². The number of hydrogen-bond donors (Lipinski definition) is 0. The minimum Gasteiger partial charge on any atom is -0.744 e. The predicted molar refractivity (Wildman–Crippen MR) is 50.3 cm³/mol. The van der Waals surface area contributed by atoms with E-state index in [1.165, 1.54) is 0 Å². The molecule has 0 fully saturated rings. The summed E-state index contributed by atoms with van der Waals surface area (Å²) in [6, 6.07) is 2.42. The molecule has 0 saturated carbocycles. The topological polar surface area (TPSA) is 66.4 Å². The second-order valence-electron chi connectivity index (χ2n) is 3.12. The van der Waals surface area contributed by atoms with Crippen LogP contribution in [0.15, 0.2) is 41.1 Å². The summed E-state index contributed by atoms with van der Waals surface area (Å²) in [7, 11) is -4.79. The molecule has 0 N–H and O–H groups in total. The number of alkyl halides is 2. The minimum absolute atomic E-state index is 0. The van der Waals surface area contributed by atoms with Crippen molar-refractivity contribution in [2.45, 2.75) is 11.0 Å². The predicted octanol–water partition coefficient (Wildman–Crippen LogP) is -0.356. The van der Waals surface area contributed by atoms with Crippen LogP contribution in [-0.2, 0) is 10.1 Å². The third-order valence-electron chi connectivity index (χ3n) is 1.78. The summed E-state index contributed by atoms with van der Waals surface area (Å²) in [4.78, 5) is -0.740. The minimum atomic E-state index is -4.91. The number of benzene rings is 1. The van der Waals surface area contributed by atoms with Crippen molar-refractivity contribution in [1.29, 1.82) is 0 Å². The van der Waals surface area contributed by atoms with Crippen LogP contribution < -0.4 is 34.3 Å². The van der Waals surface area contributed by atoms with E-state index in [1.54, 1.807) is 0 Å². The molecule has 11 heteroatoms. The molecule has 0 saturated heterocycles. The van der Waals surface area contributed by atoms with E-state index in [0.29, 0.717) is 24.3 Å². The van der Waals surface area contributed by atoms with E-state index in [9.17, 15) is 34.9 Å². The van der Waals surface area contributed by atoms with Crippen molar-refractivity contribution >= 4 is 10.1 Å². The molecule has 0 unspecified atom stereocenters. The summed E-state index contributed by atoms with van der Waals surface area (Å²) in [5, 5.41) is 0. The van der Waals surface area contributed by atoms with Gasteiger partial charge < -0.3 is 9.29 Å². The normalized spacial score (nSPS) is 11.5. The van der Waals surface area contributed by atoms with Crippen LogP contribution in [0.5, 0.6) is 5.75 Å². The molecule has 0 aromatic heterocycles. The molecule has 0 atom stereocenters. The Balaban J connectivity index is 0.00000361. The smallest absolute Gasteiger partial charge is 0.744 e. The van der Waals surface area contributed by atoms with Gasteiger partial charge >= 0.3 is 41.7 Å². The zero-order chi connectivity index (χ0) is 14.8. The number of halogens is 5. The van der Waals surface area contributed by atoms with Crippen LogP contribution in [-0.4, -0.2) is 19.1 Å². The molecule has 0 heterocycles. The molecule has 1 aromatic rings. The average Bonchev–Trinajstić information content (AvgIpc) is 2.26. The Hall–Kier alpha value is -0.680. The molecule has 0 spiro atoms. The molecule has 0 aliphatic heterocycles. The third-order valence-corrected chi connectivity index (χ3v) is 2.63. The summed E-state index contributed by atoms with van der Waals surface area (Å²) in [6.45, 7) is 0. The molecule has 0 bridgehead atoms. The molecule has 0 amide bonds. The standard InChI is InChI=1S/C9H5F5O4S.Na/c10-7(8(11)12)9(13,14)18-5-1-3-6(4-2-5)19(15,16)17;/h1-4H,(H,15,16,17);/q;+1/p-1. The van der Waals surface area contributed by atoms with Gasteiger partial charge in [-0.2, -0.15) is 22.0 Å². The zero-order valence-electron chi connectivity index (χ0n) is 9.74. The van der Waals surface area contributed by atoms with E-state index in [0.717, 1.165) is 0 Å². The second-order valence-corrected chi connectivity index (χ2v) is 4.50. The summed E-state index contributed by atoms with van der Waals surface area (Å²) in [5.74, 6) is -3.86. The Kier molecular flexibility index (Phi) is 6.62. The monoisotopic (exact) mass is 326 g/mol. The van der Waals surface area contributed by atoms with Gasteiger partial charge in [0.25, 0.3) is 5.83 Å². The molecular formula is C9H4F5NaO4S. The number of ether oxygens (including phenoxy) is 1. The van der Waals surface area contributed by atoms with E-state index in [1.807, 2.05) is 0 Å². The van der Waals surface area contributed by atoms with Gasteiger partial charge in [0.05, 0.1) is 4.90 Å². The fourth-order valence-corrected chi connectivity index (χ4v) is 1.45. The molecule has 0 aliphatic rings. The van der Waals surface area contributed by atoms with Gasteiger partial charge in [-0.15, -0.1) is 0 Å². The Bertz CT molecular complexity index is 595. The van der Waals surface area contributed by atoms with Gasteiger partial charge in [-0.05, 0) is 24.3 Å². The van der Waals surface area contributed by atoms with Crippen molar-refractivity contribution in [3.63, 3.8) is 0 Å². The number of rotatable bonds is 4. The van der Waals surface area contributed by atoms with Crippen molar-refractivity contribution in [2.24, 2.45) is 0 Å². The maximum atomic E-state index is 12.8. The molecule has 20 heavy (non-hydrogen) atoms. The quantitative estimate of drug-likeness (QED) is 0.431. The maximum Gasteiger partial charge on any atom is 1.00 e. The molecule has 0 radical (unpaired) electrons. The van der Waals surface area contributed by atoms with Crippen molar-refractivity contribution in [1.82, 2.24) is 0 Å². The van der Waals surface area contributed by atoms with Gasteiger partial charge in [0.1, 0.15) is 15.9 Å². The van der Waals surface area contributed by atoms with Crippen LogP contribution in [0.1, 0.15) is 0 Å². The van der Waals surface area contributed by atoms with Gasteiger partial charge in [0.2, 0.25) is 0 Å². The second kappa shape index (κ2) is 6.85. The summed E-state index contributed by atoms with van der Waals surface area (Å²) < 4.78 is 96.5. The van der Waals surface area contributed by atoms with Crippen molar-refractivity contribution in [3.05, 3.63) is 36.2 Å². The van der Waals surface area contributed by atoms with Gasteiger partial charge in [0.15, 0.2) is 0 Å². The van der Waals surface area contributed by atoms with E-state index in [-0.39, 0.29) is 29.6 Å². The van der Waals surface area contributed by atoms with E-state index < -0.39 is 38.8 Å². The molecule has 106 valence electrons. The van der Waals surface area contributed by atoms with Gasteiger partial charge in [-0.25, -0.2) is 8.42 Å². The first-order valence-electron chi connectivity index (χ1n) is 4.38. The van der Waals surface area contributed by atoms with Crippen LogP contribution >= 0.6 is 0 Å². The summed E-state index contributed by atoms with van der Waals surface area (Å²) in [5.41, 5.74) is 0. The van der Waals surface area contributed by atoms with Crippen molar-refractivity contribution in [3.8, 4) is 5.75 Å². The summed E-state index contributed by atoms with van der Waals surface area (Å²) >= 11 is 0. The maximum absolute atomic E-state index is 12.8. The van der Waals surface area contributed by atoms with Crippen molar-refractivity contribution in [2.75, 3.05) is 0 Å². The van der Waals surface area contributed by atoms with Crippen molar-refractivity contribution < 1.29 is 69.2 Å². The molecular weight excluding hydrogens is 322 g/mol. The molecule has 4 nitrogen and oxygen atoms in total. The van der Waals surface area contributed by atoms with Crippen LogP contribution in [0.2, 0.25) is 0 Å². The van der Waals surface area contributed by atoms with Gasteiger partial charge in [-0.1, -0.05) is 0 Å². The first-order valence-corrected chi connectivity index (χ1v) is 5.79. The van der Waals surface area contributed by atoms with Crippen LogP contribution in [0.25, 0.3) is 0 Å². The van der Waals surface area contributed by atoms with Gasteiger partial charge in [0, 0.05) is 0 Å². The number of hydrogen-bond acceptors (Lipinski definition) is 4. The fourth-order valence-electron chi connectivity index (χ4n) is 0.977. The largest absolute Gasteiger partial charge is 1.00 e. The SMILES string of the molecule is O=S(=O)([O-])c1ccc(OC(F)(F)C(F)=C(F)F)cc1.[Na+]. The fraction of sp³-hybridized carbons (Fsp3) is 0.111. The van der Waals surface area contributed by atoms with Crippen LogP contribution in [0.4, 0.5) is 22.0 Å². The molecule has 1 aromatic carbocycles. The van der Waals surface area contributed by atoms with Crippen LogP contribution in [0.3, 0.4) is 0 Å².